The molecule has 1 aromatic heterocycles. The van der Waals surface area contributed by atoms with Gasteiger partial charge in [0, 0.05) is 6.07 Å². The summed E-state index contributed by atoms with van der Waals surface area (Å²) in [5.41, 5.74) is 0.849. The molecule has 16 heavy (non-hydrogen) atoms. The van der Waals surface area contributed by atoms with Crippen LogP contribution < -0.4 is 4.57 Å². The molecule has 0 atom stereocenters. The summed E-state index contributed by atoms with van der Waals surface area (Å²) in [4.78, 5) is 0. The Morgan fingerprint density at radius 2 is 1.75 bits per heavy atom. The van der Waals surface area contributed by atoms with Gasteiger partial charge in [-0.15, -0.1) is 0 Å². The van der Waals surface area contributed by atoms with Gasteiger partial charge in [-0.1, -0.05) is 29.3 Å². The van der Waals surface area contributed by atoms with Crippen molar-refractivity contribution in [3.05, 3.63) is 58.3 Å². The summed E-state index contributed by atoms with van der Waals surface area (Å²) in [6, 6.07) is 8.78. The number of aromatic hydroxyl groups is 1. The lowest BCUT2D eigenvalue weighted by atomic mass is 10.2. The molecular weight excluding hydrogens is 245 g/mol. The fourth-order valence-electron chi connectivity index (χ4n) is 1.47. The maximum Gasteiger partial charge on any atom is 0.211 e. The summed E-state index contributed by atoms with van der Waals surface area (Å²) in [6.07, 6.45) is 3.47. The van der Waals surface area contributed by atoms with Crippen LogP contribution in [0.25, 0.3) is 0 Å². The van der Waals surface area contributed by atoms with Crippen LogP contribution >= 0.6 is 23.2 Å². The zero-order valence-corrected chi connectivity index (χ0v) is 9.91. The average molecular weight is 255 g/mol. The van der Waals surface area contributed by atoms with Gasteiger partial charge in [0.15, 0.2) is 18.5 Å². The molecule has 0 fully saturated rings. The number of benzene rings is 1. The van der Waals surface area contributed by atoms with Crippen LogP contribution in [-0.4, -0.2) is 5.11 Å². The molecular formula is C12H10Cl2NO+. The Bertz CT molecular complexity index is 494. The van der Waals surface area contributed by atoms with E-state index in [1.165, 1.54) is 0 Å². The van der Waals surface area contributed by atoms with Gasteiger partial charge in [-0.05, 0) is 18.2 Å². The van der Waals surface area contributed by atoms with Crippen molar-refractivity contribution in [1.29, 1.82) is 0 Å². The highest BCUT2D eigenvalue weighted by Crippen LogP contribution is 2.23. The Morgan fingerprint density at radius 1 is 1.06 bits per heavy atom. The molecule has 0 amide bonds. The number of hydrogen-bond donors (Lipinski definition) is 1. The highest BCUT2D eigenvalue weighted by molar-refractivity contribution is 6.35. The van der Waals surface area contributed by atoms with Crippen molar-refractivity contribution in [2.75, 3.05) is 0 Å². The largest absolute Gasteiger partial charge is 0.503 e. The molecule has 1 aromatic carbocycles. The van der Waals surface area contributed by atoms with E-state index in [4.69, 9.17) is 23.2 Å². The topological polar surface area (TPSA) is 24.1 Å². The zero-order valence-electron chi connectivity index (χ0n) is 8.40. The van der Waals surface area contributed by atoms with Gasteiger partial charge < -0.3 is 5.11 Å². The molecule has 0 saturated carbocycles. The Morgan fingerprint density at radius 3 is 2.38 bits per heavy atom. The predicted octanol–water partition coefficient (Wildman–Crippen LogP) is 3.03. The quantitative estimate of drug-likeness (QED) is 0.819. The molecule has 0 radical (unpaired) electrons. The molecule has 0 bridgehead atoms. The molecule has 2 aromatic rings. The standard InChI is InChI=1S/C12H9Cl2NO/c13-11-4-1-5-12(14)10(11)8-15-6-2-3-9(16)7-15/h1-7H,8H2/p+1. The Hall–Kier alpha value is -1.25. The van der Waals surface area contributed by atoms with Crippen LogP contribution in [0, 0.1) is 0 Å². The molecule has 2 rings (SSSR count). The van der Waals surface area contributed by atoms with Crippen LogP contribution in [-0.2, 0) is 6.54 Å². The van der Waals surface area contributed by atoms with Gasteiger partial charge in [0.1, 0.15) is 0 Å². The van der Waals surface area contributed by atoms with E-state index < -0.39 is 0 Å². The van der Waals surface area contributed by atoms with Gasteiger partial charge >= 0.3 is 0 Å². The summed E-state index contributed by atoms with van der Waals surface area (Å²) in [5, 5.41) is 10.6. The highest BCUT2D eigenvalue weighted by atomic mass is 35.5. The highest BCUT2D eigenvalue weighted by Gasteiger charge is 2.11. The molecule has 0 aliphatic rings. The van der Waals surface area contributed by atoms with Gasteiger partial charge in [0.05, 0.1) is 15.6 Å². The van der Waals surface area contributed by atoms with Crippen molar-refractivity contribution in [3.63, 3.8) is 0 Å². The third-order valence-electron chi connectivity index (χ3n) is 2.24. The second kappa shape index (κ2) is 4.73. The Balaban J connectivity index is 2.34. The lowest BCUT2D eigenvalue weighted by Gasteiger charge is -2.03. The zero-order chi connectivity index (χ0) is 11.5. The van der Waals surface area contributed by atoms with Crippen molar-refractivity contribution < 1.29 is 9.67 Å². The van der Waals surface area contributed by atoms with E-state index in [1.54, 1.807) is 36.5 Å². The van der Waals surface area contributed by atoms with Gasteiger partial charge in [-0.2, -0.15) is 4.57 Å². The molecule has 1 heterocycles. The minimum Gasteiger partial charge on any atom is -0.503 e. The first-order chi connectivity index (χ1) is 7.66. The first kappa shape index (κ1) is 11.2. The summed E-state index contributed by atoms with van der Waals surface area (Å²) >= 11 is 12.1. The number of aromatic nitrogens is 1. The van der Waals surface area contributed by atoms with E-state index in [1.807, 2.05) is 10.8 Å². The first-order valence-corrected chi connectivity index (χ1v) is 5.53. The third kappa shape index (κ3) is 2.46. The molecule has 1 N–H and O–H groups in total. The molecule has 0 unspecified atom stereocenters. The van der Waals surface area contributed by atoms with Crippen molar-refractivity contribution in [1.82, 2.24) is 0 Å². The van der Waals surface area contributed by atoms with Crippen LogP contribution in [0.15, 0.2) is 42.7 Å². The van der Waals surface area contributed by atoms with Crippen LogP contribution in [0.5, 0.6) is 5.75 Å². The van der Waals surface area contributed by atoms with E-state index in [2.05, 4.69) is 0 Å². The minimum absolute atomic E-state index is 0.214. The second-order valence-corrected chi connectivity index (χ2v) is 4.25. The van der Waals surface area contributed by atoms with E-state index in [9.17, 15) is 5.11 Å². The maximum atomic E-state index is 9.34. The molecule has 4 heteroatoms. The molecule has 82 valence electrons. The van der Waals surface area contributed by atoms with E-state index in [0.717, 1.165) is 5.56 Å². The summed E-state index contributed by atoms with van der Waals surface area (Å²) in [6.45, 7) is 0.535. The number of hydrogen-bond acceptors (Lipinski definition) is 1. The minimum atomic E-state index is 0.214. The van der Waals surface area contributed by atoms with Crippen molar-refractivity contribution in [2.45, 2.75) is 6.54 Å². The summed E-state index contributed by atoms with van der Waals surface area (Å²) < 4.78 is 1.82. The van der Waals surface area contributed by atoms with Gasteiger partial charge in [0.25, 0.3) is 0 Å². The van der Waals surface area contributed by atoms with Crippen molar-refractivity contribution in [3.8, 4) is 5.75 Å². The van der Waals surface area contributed by atoms with Gasteiger partial charge in [0.2, 0.25) is 6.20 Å². The Kier molecular flexibility index (Phi) is 3.32. The summed E-state index contributed by atoms with van der Waals surface area (Å²) in [7, 11) is 0. The monoisotopic (exact) mass is 254 g/mol. The average Bonchev–Trinajstić information content (AvgIpc) is 2.24. The Labute approximate surface area is 104 Å². The van der Waals surface area contributed by atoms with Crippen LogP contribution in [0.1, 0.15) is 5.56 Å². The van der Waals surface area contributed by atoms with E-state index in [0.29, 0.717) is 16.6 Å². The SMILES string of the molecule is Oc1ccc[n+](Cc2c(Cl)cccc2Cl)c1. The van der Waals surface area contributed by atoms with Gasteiger partial charge in [-0.3, -0.25) is 0 Å². The predicted molar refractivity (Wildman–Crippen MR) is 63.9 cm³/mol. The lowest BCUT2D eigenvalue weighted by molar-refractivity contribution is -0.688. The number of rotatable bonds is 2. The molecule has 0 aliphatic heterocycles. The molecule has 0 aliphatic carbocycles. The smallest absolute Gasteiger partial charge is 0.211 e. The first-order valence-electron chi connectivity index (χ1n) is 4.78. The molecule has 0 saturated heterocycles. The fourth-order valence-corrected chi connectivity index (χ4v) is 1.99. The number of halogens is 2. The summed E-state index contributed by atoms with van der Waals surface area (Å²) in [5.74, 6) is 0.214. The van der Waals surface area contributed by atoms with Crippen LogP contribution in [0.3, 0.4) is 0 Å². The maximum absolute atomic E-state index is 9.34. The number of nitrogens with zero attached hydrogens (tertiary/aromatic N) is 1. The van der Waals surface area contributed by atoms with Crippen LogP contribution in [0.2, 0.25) is 10.0 Å². The van der Waals surface area contributed by atoms with E-state index in [-0.39, 0.29) is 5.75 Å². The lowest BCUT2D eigenvalue weighted by Crippen LogP contribution is -2.33. The third-order valence-corrected chi connectivity index (χ3v) is 2.95. The second-order valence-electron chi connectivity index (χ2n) is 3.43. The van der Waals surface area contributed by atoms with E-state index >= 15 is 0 Å². The van der Waals surface area contributed by atoms with Gasteiger partial charge in [-0.25, -0.2) is 0 Å². The van der Waals surface area contributed by atoms with Crippen LogP contribution in [0.4, 0.5) is 0 Å². The molecule has 0 spiro atoms. The van der Waals surface area contributed by atoms with Crippen molar-refractivity contribution in [2.24, 2.45) is 0 Å². The normalized spacial score (nSPS) is 10.4. The fraction of sp³-hybridized carbons (Fsp3) is 0.0833. The number of pyridine rings is 1. The molecule has 2 nitrogen and oxygen atoms in total. The van der Waals surface area contributed by atoms with Crippen molar-refractivity contribution >= 4 is 23.2 Å².